The second kappa shape index (κ2) is 9.75. The molecule has 2 heteroatoms. The second-order valence-corrected chi connectivity index (χ2v) is 13.5. The zero-order valence-electron chi connectivity index (χ0n) is 19.8. The van der Waals surface area contributed by atoms with Gasteiger partial charge in [0.1, 0.15) is 0 Å². The molecule has 1 aliphatic rings. The van der Waals surface area contributed by atoms with Gasteiger partial charge >= 0.3 is 219 Å². The van der Waals surface area contributed by atoms with Crippen LogP contribution in [-0.2, 0) is 0 Å². The van der Waals surface area contributed by atoms with Gasteiger partial charge in [-0.1, -0.05) is 0 Å². The van der Waals surface area contributed by atoms with Crippen molar-refractivity contribution in [3.05, 3.63) is 173 Å². The molecule has 0 atom stereocenters. The van der Waals surface area contributed by atoms with Gasteiger partial charge in [-0.15, -0.1) is 0 Å². The van der Waals surface area contributed by atoms with Crippen LogP contribution in [0.25, 0.3) is 11.1 Å². The molecule has 0 aliphatic heterocycles. The number of hydrogen-bond donors (Lipinski definition) is 0. The molecule has 0 nitrogen and oxygen atoms in total. The molecule has 0 heterocycles. The van der Waals surface area contributed by atoms with Gasteiger partial charge in [0.25, 0.3) is 0 Å². The van der Waals surface area contributed by atoms with Crippen LogP contribution in [0.3, 0.4) is 0 Å². The Bertz CT molecular complexity index is 1460. The van der Waals surface area contributed by atoms with Crippen molar-refractivity contribution in [1.82, 2.24) is 0 Å². The van der Waals surface area contributed by atoms with Crippen LogP contribution in [0.2, 0.25) is 0 Å². The van der Waals surface area contributed by atoms with Gasteiger partial charge < -0.3 is 0 Å². The molecule has 0 aromatic heterocycles. The van der Waals surface area contributed by atoms with Gasteiger partial charge in [0.2, 0.25) is 0 Å². The molecule has 0 radical (unpaired) electrons. The van der Waals surface area contributed by atoms with Crippen LogP contribution < -0.4 is 15.9 Å². The normalized spacial score (nSPS) is 14.6. The van der Waals surface area contributed by atoms with E-state index >= 15 is 0 Å². The van der Waals surface area contributed by atoms with Gasteiger partial charge in [0.15, 0.2) is 0 Å². The summed E-state index contributed by atoms with van der Waals surface area (Å²) in [5, 5.41) is 3.83. The van der Waals surface area contributed by atoms with E-state index in [1.54, 1.807) is 0 Å². The molecule has 36 heavy (non-hydrogen) atoms. The molecule has 0 N–H and O–H groups in total. The molecule has 0 saturated carbocycles. The monoisotopic (exact) mass is 500 g/mol. The van der Waals surface area contributed by atoms with E-state index in [4.69, 9.17) is 11.6 Å². The summed E-state index contributed by atoms with van der Waals surface area (Å²) in [7, 11) is -2.79. The van der Waals surface area contributed by atoms with E-state index in [0.717, 1.165) is 10.3 Å². The number of hydrogen-bond acceptors (Lipinski definition) is 0. The predicted molar refractivity (Wildman–Crippen MR) is 159 cm³/mol. The van der Waals surface area contributed by atoms with Crippen LogP contribution in [0, 0.1) is 0 Å². The van der Waals surface area contributed by atoms with Crippen molar-refractivity contribution in [2.24, 2.45) is 0 Å². The van der Waals surface area contributed by atoms with E-state index in [1.165, 1.54) is 38.2 Å². The summed E-state index contributed by atoms with van der Waals surface area (Å²) in [5.41, 5.74) is 5.97. The average molecular weight is 501 g/mol. The molecular weight excluding hydrogens is 475 g/mol. The van der Waals surface area contributed by atoms with Gasteiger partial charge in [-0.05, 0) is 0 Å². The van der Waals surface area contributed by atoms with E-state index in [9.17, 15) is 0 Å². The second-order valence-electron chi connectivity index (χ2n) is 9.05. The number of fused-ring (bicyclic) bond motifs is 1. The zero-order valence-corrected chi connectivity index (χ0v) is 21.6. The van der Waals surface area contributed by atoms with Gasteiger partial charge in [0.05, 0.1) is 0 Å². The van der Waals surface area contributed by atoms with Crippen molar-refractivity contribution in [3.63, 3.8) is 0 Å². The topological polar surface area (TPSA) is 0 Å². The fourth-order valence-corrected chi connectivity index (χ4v) is 11.0. The van der Waals surface area contributed by atoms with Crippen LogP contribution >= 0.6 is 18.9 Å². The quantitative estimate of drug-likeness (QED) is 0.216. The summed E-state index contributed by atoms with van der Waals surface area (Å²) in [6, 6.07) is 51.8. The summed E-state index contributed by atoms with van der Waals surface area (Å²) >= 11 is 7.79. The molecule has 174 valence electrons. The van der Waals surface area contributed by atoms with Gasteiger partial charge in [-0.2, -0.15) is 0 Å². The van der Waals surface area contributed by atoms with Crippen LogP contribution in [0.4, 0.5) is 0 Å². The molecule has 6 rings (SSSR count). The third-order valence-electron chi connectivity index (χ3n) is 7.07. The SMILES string of the molecule is Cl/C(=C1/C=C(c2ccccc2)c2ccccc21)[PH](c1ccccc1)(c1ccccc1)c1ccccc1. The molecule has 0 fully saturated rings. The maximum absolute atomic E-state index is 7.79. The zero-order chi connectivity index (χ0) is 24.4. The Morgan fingerprint density at radius 3 is 1.31 bits per heavy atom. The summed E-state index contributed by atoms with van der Waals surface area (Å²) in [5.74, 6) is 0. The Kier molecular flexibility index (Phi) is 6.16. The first kappa shape index (κ1) is 22.7. The summed E-state index contributed by atoms with van der Waals surface area (Å²) in [4.78, 5) is 0. The molecule has 0 saturated heterocycles. The number of rotatable bonds is 5. The van der Waals surface area contributed by atoms with Crippen molar-refractivity contribution < 1.29 is 0 Å². The van der Waals surface area contributed by atoms with Crippen molar-refractivity contribution in [1.29, 1.82) is 0 Å². The maximum atomic E-state index is 7.79. The molecule has 0 bridgehead atoms. The number of halogens is 1. The molecule has 5 aromatic rings. The molecule has 0 spiro atoms. The van der Waals surface area contributed by atoms with Crippen molar-refractivity contribution in [2.75, 3.05) is 0 Å². The Labute approximate surface area is 218 Å². The molecular formula is C34H26ClP. The van der Waals surface area contributed by atoms with E-state index < -0.39 is 7.26 Å². The predicted octanol–water partition coefficient (Wildman–Crippen LogP) is 7.77. The van der Waals surface area contributed by atoms with E-state index in [2.05, 4.69) is 152 Å². The minimum atomic E-state index is -2.79. The van der Waals surface area contributed by atoms with E-state index in [1.807, 2.05) is 0 Å². The molecule has 0 unspecified atom stereocenters. The number of benzene rings is 5. The van der Waals surface area contributed by atoms with Gasteiger partial charge in [-0.25, -0.2) is 0 Å². The van der Waals surface area contributed by atoms with Crippen molar-refractivity contribution in [3.8, 4) is 0 Å². The van der Waals surface area contributed by atoms with Crippen LogP contribution in [-0.4, -0.2) is 0 Å². The number of allylic oxidation sites excluding steroid dienone is 2. The standard InChI is InChI=1S/C34H26ClP/c35-34(33-25-32(26-15-5-1-6-16-26)30-23-13-14-24-31(30)33)36(27-17-7-2-8-18-27,28-19-9-3-10-20-28)29-21-11-4-12-22-29/h1-25,36H/b34-33+. The molecule has 5 aromatic carbocycles. The summed E-state index contributed by atoms with van der Waals surface area (Å²) in [6.45, 7) is 0. The molecule has 0 amide bonds. The molecule has 1 aliphatic carbocycles. The van der Waals surface area contributed by atoms with Crippen LogP contribution in [0.1, 0.15) is 16.7 Å². The minimum absolute atomic E-state index is 0.935. The van der Waals surface area contributed by atoms with Crippen LogP contribution in [0.5, 0.6) is 0 Å². The summed E-state index contributed by atoms with van der Waals surface area (Å²) < 4.78 is 0.935. The fraction of sp³-hybridized carbons (Fsp3) is 0. The van der Waals surface area contributed by atoms with Gasteiger partial charge in [-0.3, -0.25) is 0 Å². The van der Waals surface area contributed by atoms with E-state index in [-0.39, 0.29) is 0 Å². The Morgan fingerprint density at radius 1 is 0.444 bits per heavy atom. The van der Waals surface area contributed by atoms with Crippen molar-refractivity contribution in [2.45, 2.75) is 0 Å². The Balaban J connectivity index is 1.73. The third kappa shape index (κ3) is 3.75. The fourth-order valence-electron chi connectivity index (χ4n) is 5.44. The Morgan fingerprint density at radius 2 is 0.833 bits per heavy atom. The first-order valence-electron chi connectivity index (χ1n) is 12.2. The first-order chi connectivity index (χ1) is 17.8. The van der Waals surface area contributed by atoms with Gasteiger partial charge in [0, 0.05) is 0 Å². The van der Waals surface area contributed by atoms with E-state index in [0.29, 0.717) is 0 Å². The average Bonchev–Trinajstić information content (AvgIpc) is 3.35. The van der Waals surface area contributed by atoms with Crippen LogP contribution in [0.15, 0.2) is 156 Å². The Hall–Kier alpha value is -3.70. The first-order valence-corrected chi connectivity index (χ1v) is 14.6. The third-order valence-corrected chi connectivity index (χ3v) is 12.6. The van der Waals surface area contributed by atoms with Crippen molar-refractivity contribution >= 4 is 45.9 Å². The summed E-state index contributed by atoms with van der Waals surface area (Å²) in [6.07, 6.45) is 2.30.